The molecule has 0 saturated carbocycles. The van der Waals surface area contributed by atoms with E-state index in [1.165, 1.54) is 4.68 Å². The van der Waals surface area contributed by atoms with Gasteiger partial charge in [0.25, 0.3) is 5.95 Å². The molecule has 1 amide bonds. The topological polar surface area (TPSA) is 102 Å². The Labute approximate surface area is 183 Å². The maximum Gasteiger partial charge on any atom is 0.254 e. The molecule has 0 radical (unpaired) electrons. The molecule has 3 aromatic heterocycles. The summed E-state index contributed by atoms with van der Waals surface area (Å²) in [5.74, 6) is 0.489. The molecule has 9 nitrogen and oxygen atoms in total. The second kappa shape index (κ2) is 8.38. The highest BCUT2D eigenvalue weighted by atomic mass is 32.1. The predicted octanol–water partition coefficient (Wildman–Crippen LogP) is 2.51. The molecule has 1 saturated heterocycles. The number of benzene rings is 1. The summed E-state index contributed by atoms with van der Waals surface area (Å²) in [5, 5.41) is 11.7. The molecule has 1 fully saturated rings. The van der Waals surface area contributed by atoms with E-state index >= 15 is 0 Å². The van der Waals surface area contributed by atoms with Crippen molar-refractivity contribution in [1.29, 1.82) is 0 Å². The van der Waals surface area contributed by atoms with E-state index in [0.29, 0.717) is 18.1 Å². The van der Waals surface area contributed by atoms with Crippen molar-refractivity contribution in [3.05, 3.63) is 54.0 Å². The monoisotopic (exact) mass is 434 g/mol. The van der Waals surface area contributed by atoms with E-state index in [-0.39, 0.29) is 11.9 Å². The number of thiazole rings is 1. The molecule has 1 aliphatic heterocycles. The van der Waals surface area contributed by atoms with Crippen molar-refractivity contribution in [2.24, 2.45) is 0 Å². The molecule has 1 aliphatic rings. The molecule has 10 heteroatoms. The lowest BCUT2D eigenvalue weighted by atomic mass is 10.2. The van der Waals surface area contributed by atoms with Gasteiger partial charge >= 0.3 is 0 Å². The van der Waals surface area contributed by atoms with Crippen LogP contribution in [0.15, 0.2) is 42.7 Å². The number of carbonyl (C=O) groups excluding carboxylic acids is 1. The Hall–Kier alpha value is -3.40. The zero-order valence-corrected chi connectivity index (χ0v) is 17.9. The number of hydrogen-bond donors (Lipinski definition) is 1. The van der Waals surface area contributed by atoms with Crippen molar-refractivity contribution in [3.63, 3.8) is 0 Å². The molecular formula is C21H22N8OS. The maximum absolute atomic E-state index is 12.9. The fourth-order valence-corrected chi connectivity index (χ4v) is 4.95. The first-order chi connectivity index (χ1) is 15.2. The van der Waals surface area contributed by atoms with Gasteiger partial charge in [-0.25, -0.2) is 4.98 Å². The third-order valence-corrected chi connectivity index (χ3v) is 6.50. The predicted molar refractivity (Wildman–Crippen MR) is 118 cm³/mol. The van der Waals surface area contributed by atoms with Gasteiger partial charge in [-0.05, 0) is 24.8 Å². The highest BCUT2D eigenvalue weighted by molar-refractivity contribution is 7.22. The van der Waals surface area contributed by atoms with Crippen molar-refractivity contribution in [2.45, 2.75) is 38.8 Å². The fraction of sp³-hybridized carbons (Fsp3) is 0.333. The SMILES string of the molecule is CCc1nc(-n2ccnn2)nc2nc(N3CCC[C@@H]3C(=O)NCc3ccccc3)sc12. The molecule has 0 unspecified atom stereocenters. The van der Waals surface area contributed by atoms with E-state index in [0.717, 1.165) is 46.9 Å². The van der Waals surface area contributed by atoms with Gasteiger partial charge in [0.05, 0.1) is 22.8 Å². The van der Waals surface area contributed by atoms with Gasteiger partial charge in [-0.15, -0.1) is 5.10 Å². The van der Waals surface area contributed by atoms with Gasteiger partial charge in [0.15, 0.2) is 10.8 Å². The van der Waals surface area contributed by atoms with Crippen molar-refractivity contribution >= 4 is 32.7 Å². The standard InChI is InChI=1S/C21H22N8OS/c1-2-15-17-18(25-20(24-15)29-12-10-23-27-29)26-21(31-17)28-11-6-9-16(28)19(30)22-13-14-7-4-3-5-8-14/h3-5,7-8,10,12,16H,2,6,9,11,13H2,1H3,(H,22,30)/t16-/m1/s1. The number of rotatable bonds is 6. The number of hydrogen-bond acceptors (Lipinski definition) is 8. The van der Waals surface area contributed by atoms with Crippen LogP contribution in [0.25, 0.3) is 16.3 Å². The van der Waals surface area contributed by atoms with Crippen LogP contribution in [0.4, 0.5) is 5.13 Å². The van der Waals surface area contributed by atoms with Crippen molar-refractivity contribution in [1.82, 2.24) is 35.3 Å². The lowest BCUT2D eigenvalue weighted by Crippen LogP contribution is -2.43. The minimum Gasteiger partial charge on any atom is -0.350 e. The van der Waals surface area contributed by atoms with Crippen LogP contribution in [-0.2, 0) is 17.8 Å². The zero-order chi connectivity index (χ0) is 21.2. The van der Waals surface area contributed by atoms with Crippen LogP contribution >= 0.6 is 11.3 Å². The summed E-state index contributed by atoms with van der Waals surface area (Å²) in [7, 11) is 0. The van der Waals surface area contributed by atoms with Gasteiger partial charge < -0.3 is 10.2 Å². The Balaban J connectivity index is 1.40. The highest BCUT2D eigenvalue weighted by Gasteiger charge is 2.33. The number of nitrogens with zero attached hydrogens (tertiary/aromatic N) is 7. The van der Waals surface area contributed by atoms with Gasteiger partial charge in [0.1, 0.15) is 6.04 Å². The van der Waals surface area contributed by atoms with E-state index < -0.39 is 0 Å². The molecule has 0 bridgehead atoms. The molecular weight excluding hydrogens is 412 g/mol. The van der Waals surface area contributed by atoms with Gasteiger partial charge in [0, 0.05) is 13.1 Å². The van der Waals surface area contributed by atoms with Gasteiger partial charge in [-0.3, -0.25) is 4.79 Å². The summed E-state index contributed by atoms with van der Waals surface area (Å²) >= 11 is 1.55. The molecule has 31 heavy (non-hydrogen) atoms. The number of anilines is 1. The number of aromatic nitrogens is 6. The van der Waals surface area contributed by atoms with Gasteiger partial charge in [-0.1, -0.05) is 53.8 Å². The highest BCUT2D eigenvalue weighted by Crippen LogP contribution is 2.34. The van der Waals surface area contributed by atoms with E-state index in [4.69, 9.17) is 4.98 Å². The van der Waals surface area contributed by atoms with Crippen LogP contribution in [-0.4, -0.2) is 48.4 Å². The first-order valence-electron chi connectivity index (χ1n) is 10.4. The minimum absolute atomic E-state index is 0.0331. The average molecular weight is 435 g/mol. The Kier molecular flexibility index (Phi) is 5.29. The number of amides is 1. The summed E-state index contributed by atoms with van der Waals surface area (Å²) in [4.78, 5) is 29.0. The number of carbonyl (C=O) groups is 1. The van der Waals surface area contributed by atoms with E-state index in [2.05, 4.69) is 37.4 Å². The number of aryl methyl sites for hydroxylation is 1. The summed E-state index contributed by atoms with van der Waals surface area (Å²) in [6.45, 7) is 3.38. The van der Waals surface area contributed by atoms with Crippen LogP contribution in [0.3, 0.4) is 0 Å². The summed E-state index contributed by atoms with van der Waals surface area (Å²) in [5.41, 5.74) is 2.64. The third kappa shape index (κ3) is 3.86. The van der Waals surface area contributed by atoms with Crippen LogP contribution < -0.4 is 10.2 Å². The van der Waals surface area contributed by atoms with Crippen molar-refractivity contribution < 1.29 is 4.79 Å². The Morgan fingerprint density at radius 2 is 2.10 bits per heavy atom. The maximum atomic E-state index is 12.9. The Morgan fingerprint density at radius 1 is 1.23 bits per heavy atom. The van der Waals surface area contributed by atoms with E-state index in [1.54, 1.807) is 23.7 Å². The number of nitrogens with one attached hydrogen (secondary N) is 1. The van der Waals surface area contributed by atoms with Crippen LogP contribution in [0, 0.1) is 0 Å². The zero-order valence-electron chi connectivity index (χ0n) is 17.1. The first-order valence-corrected chi connectivity index (χ1v) is 11.2. The molecule has 1 aromatic carbocycles. The van der Waals surface area contributed by atoms with E-state index in [1.807, 2.05) is 30.3 Å². The molecule has 1 atom stereocenters. The minimum atomic E-state index is -0.225. The largest absolute Gasteiger partial charge is 0.350 e. The smallest absolute Gasteiger partial charge is 0.254 e. The van der Waals surface area contributed by atoms with Gasteiger partial charge in [0.2, 0.25) is 5.91 Å². The second-order valence-electron chi connectivity index (χ2n) is 7.38. The second-order valence-corrected chi connectivity index (χ2v) is 8.35. The lowest BCUT2D eigenvalue weighted by Gasteiger charge is -2.23. The summed E-state index contributed by atoms with van der Waals surface area (Å²) < 4.78 is 2.49. The van der Waals surface area contributed by atoms with Crippen LogP contribution in [0.2, 0.25) is 0 Å². The molecule has 4 heterocycles. The normalized spacial score (nSPS) is 16.2. The van der Waals surface area contributed by atoms with Crippen molar-refractivity contribution in [2.75, 3.05) is 11.4 Å². The van der Waals surface area contributed by atoms with E-state index in [9.17, 15) is 4.79 Å². The summed E-state index contributed by atoms with van der Waals surface area (Å²) in [6, 6.07) is 9.72. The number of fused-ring (bicyclic) bond motifs is 1. The van der Waals surface area contributed by atoms with Crippen LogP contribution in [0.5, 0.6) is 0 Å². The van der Waals surface area contributed by atoms with Gasteiger partial charge in [-0.2, -0.15) is 14.6 Å². The molecule has 4 aromatic rings. The van der Waals surface area contributed by atoms with Crippen LogP contribution in [0.1, 0.15) is 31.0 Å². The fourth-order valence-electron chi connectivity index (χ4n) is 3.81. The van der Waals surface area contributed by atoms with Crippen molar-refractivity contribution in [3.8, 4) is 5.95 Å². The molecule has 5 rings (SSSR count). The molecule has 1 N–H and O–H groups in total. The molecule has 158 valence electrons. The quantitative estimate of drug-likeness (QED) is 0.497. The average Bonchev–Trinajstić information content (AvgIpc) is 3.57. The Morgan fingerprint density at radius 3 is 2.87 bits per heavy atom. The third-order valence-electron chi connectivity index (χ3n) is 5.37. The Bertz CT molecular complexity index is 1190. The molecule has 0 aliphatic carbocycles. The lowest BCUT2D eigenvalue weighted by molar-refractivity contribution is -0.122. The molecule has 0 spiro atoms. The first kappa shape index (κ1) is 19.6. The summed E-state index contributed by atoms with van der Waals surface area (Å²) in [6.07, 6.45) is 5.82.